The summed E-state index contributed by atoms with van der Waals surface area (Å²) in [4.78, 5) is 22.9. The van der Waals surface area contributed by atoms with Gasteiger partial charge in [0.05, 0.1) is 45.2 Å². The van der Waals surface area contributed by atoms with Crippen molar-refractivity contribution < 1.29 is 27.4 Å². The maximum absolute atomic E-state index is 17.6. The molecule has 7 atom stereocenters. The largest absolute Gasteiger partial charge is 0.472 e. The van der Waals surface area contributed by atoms with E-state index in [-0.39, 0.29) is 94.8 Å². The van der Waals surface area contributed by atoms with E-state index in [0.29, 0.717) is 27.4 Å². The Morgan fingerprint density at radius 3 is 2.65 bits per heavy atom. The lowest BCUT2D eigenvalue weighted by Gasteiger charge is -2.39. The summed E-state index contributed by atoms with van der Waals surface area (Å²) in [5, 5.41) is 15.0. The first-order valence-electron chi connectivity index (χ1n) is 19.4. The maximum Gasteiger partial charge on any atom is 0.345 e. The van der Waals surface area contributed by atoms with E-state index in [1.165, 1.54) is 0 Å². The number of halogens is 5. The van der Waals surface area contributed by atoms with E-state index in [1.807, 2.05) is 19.1 Å². The van der Waals surface area contributed by atoms with Crippen LogP contribution >= 0.6 is 23.2 Å². The van der Waals surface area contributed by atoms with Gasteiger partial charge < -0.3 is 24.3 Å². The minimum Gasteiger partial charge on any atom is -0.472 e. The van der Waals surface area contributed by atoms with Gasteiger partial charge in [0, 0.05) is 66.1 Å². The van der Waals surface area contributed by atoms with Crippen LogP contribution in [0.4, 0.5) is 13.2 Å². The van der Waals surface area contributed by atoms with E-state index in [1.54, 1.807) is 23.1 Å². The molecular formula is C41H43Cl2F3N6O3. The molecule has 1 amide bonds. The lowest BCUT2D eigenvalue weighted by atomic mass is 9.79. The molecule has 2 bridgehead atoms. The summed E-state index contributed by atoms with van der Waals surface area (Å²) in [6.07, 6.45) is 3.91. The Kier molecular flexibility index (Phi) is 9.69. The predicted octanol–water partition coefficient (Wildman–Crippen LogP) is 8.44. The smallest absolute Gasteiger partial charge is 0.345 e. The molecule has 14 heteroatoms. The standard InChI is InChI=1S/C41H43Cl2F3N6O3/c1-20(30-9-5-13-50(30)2)54-39-27-17-32(31-16-24(55-41(45)46)19-51(31)40(53)21-10-11-21)52(37-23-15-29(37)48-18-23)38(27)26-14-22(6-4-12-47)33(35(44)36(26)49-39)25-7-3-8-28(42)34(25)43/h3,7-8,14,17,20-21,23-24,29-31,37,41,48H,4-6,9-11,13,15-16,18-19H2,1-2H3. The molecular weight excluding hydrogens is 752 g/mol. The lowest BCUT2D eigenvalue weighted by Crippen LogP contribution is -2.41. The molecule has 2 aliphatic carbocycles. The fourth-order valence-corrected chi connectivity index (χ4v) is 10.3. The van der Waals surface area contributed by atoms with Crippen LogP contribution in [0.3, 0.4) is 0 Å². The number of fused-ring (bicyclic) bond motifs is 4. The molecule has 55 heavy (non-hydrogen) atoms. The van der Waals surface area contributed by atoms with Gasteiger partial charge in [-0.05, 0) is 88.7 Å². The van der Waals surface area contributed by atoms with Crippen LogP contribution in [0.1, 0.15) is 75.2 Å². The third kappa shape index (κ3) is 6.35. The van der Waals surface area contributed by atoms with Crippen LogP contribution in [0.2, 0.25) is 10.0 Å². The summed E-state index contributed by atoms with van der Waals surface area (Å²) in [6.45, 7) is 0.841. The summed E-state index contributed by atoms with van der Waals surface area (Å²) >= 11 is 13.2. The number of carbonyl (C=O) groups is 1. The first kappa shape index (κ1) is 37.0. The average Bonchev–Trinajstić information content (AvgIpc) is 3.58. The van der Waals surface area contributed by atoms with Gasteiger partial charge in [-0.3, -0.25) is 9.69 Å². The third-order valence-electron chi connectivity index (χ3n) is 12.7. The monoisotopic (exact) mass is 794 g/mol. The number of aryl methyl sites for hydroxylation is 1. The van der Waals surface area contributed by atoms with Gasteiger partial charge >= 0.3 is 6.61 Å². The normalized spacial score (nSPS) is 27.0. The van der Waals surface area contributed by atoms with Crippen LogP contribution in [0.15, 0.2) is 30.3 Å². The molecule has 4 saturated heterocycles. The first-order valence-corrected chi connectivity index (χ1v) is 20.1. The first-order chi connectivity index (χ1) is 26.5. The quantitative estimate of drug-likeness (QED) is 0.163. The minimum absolute atomic E-state index is 0.0371. The molecule has 4 aliphatic heterocycles. The summed E-state index contributed by atoms with van der Waals surface area (Å²) in [6, 6.07) is 10.8. The molecule has 6 fully saturated rings. The SMILES string of the molecule is CC(Oc1nc2c(F)c(-c3cccc(Cl)c3Cl)c(CCC#N)cc2c2c1cc(C1CC(OC(F)F)CN1C(=O)C1CC1)n2C1C2CNC1C2)C1CCCN1C. The fraction of sp³-hybridized carbons (Fsp3) is 0.537. The van der Waals surface area contributed by atoms with Crippen molar-refractivity contribution in [2.24, 2.45) is 11.8 Å². The lowest BCUT2D eigenvalue weighted by molar-refractivity contribution is -0.160. The van der Waals surface area contributed by atoms with Crippen LogP contribution < -0.4 is 10.1 Å². The number of likely N-dealkylation sites (tertiary alicyclic amines) is 2. The van der Waals surface area contributed by atoms with Crippen molar-refractivity contribution in [2.75, 3.05) is 26.7 Å². The molecule has 4 aromatic rings. The van der Waals surface area contributed by atoms with Crippen LogP contribution in [0.25, 0.3) is 32.9 Å². The number of nitrogens with one attached hydrogen (secondary N) is 1. The van der Waals surface area contributed by atoms with E-state index < -0.39 is 24.6 Å². The Balaban J connectivity index is 1.32. The highest BCUT2D eigenvalue weighted by Gasteiger charge is 2.51. The van der Waals surface area contributed by atoms with Crippen molar-refractivity contribution in [3.05, 3.63) is 57.5 Å². The number of carbonyl (C=O) groups excluding carboxylic acids is 1. The van der Waals surface area contributed by atoms with Crippen LogP contribution in [0.5, 0.6) is 5.88 Å². The van der Waals surface area contributed by atoms with E-state index in [2.05, 4.69) is 27.9 Å². The number of hydrogen-bond acceptors (Lipinski definition) is 7. The molecule has 2 aromatic carbocycles. The van der Waals surface area contributed by atoms with Crippen LogP contribution in [-0.4, -0.2) is 82.8 Å². The zero-order valence-electron chi connectivity index (χ0n) is 30.7. The molecule has 2 aromatic heterocycles. The highest BCUT2D eigenvalue weighted by molar-refractivity contribution is 6.43. The Bertz CT molecular complexity index is 2210. The van der Waals surface area contributed by atoms with Crippen molar-refractivity contribution in [1.29, 1.82) is 5.26 Å². The van der Waals surface area contributed by atoms with E-state index >= 15 is 4.39 Å². The second-order valence-electron chi connectivity index (χ2n) is 16.0. The number of hydrogen-bond donors (Lipinski definition) is 1. The minimum atomic E-state index is -2.97. The Hall–Kier alpha value is -3.60. The van der Waals surface area contributed by atoms with Crippen LogP contribution in [-0.2, 0) is 16.0 Å². The van der Waals surface area contributed by atoms with Crippen molar-refractivity contribution >= 4 is 50.9 Å². The van der Waals surface area contributed by atoms with Gasteiger partial charge in [-0.1, -0.05) is 35.3 Å². The number of rotatable bonds is 11. The predicted molar refractivity (Wildman–Crippen MR) is 204 cm³/mol. The van der Waals surface area contributed by atoms with Crippen molar-refractivity contribution in [2.45, 2.75) is 101 Å². The molecule has 1 N–H and O–H groups in total. The molecule has 0 spiro atoms. The van der Waals surface area contributed by atoms with Gasteiger partial charge in [0.25, 0.3) is 0 Å². The zero-order valence-corrected chi connectivity index (χ0v) is 32.2. The van der Waals surface area contributed by atoms with Crippen LogP contribution in [0, 0.1) is 29.0 Å². The van der Waals surface area contributed by atoms with Gasteiger partial charge in [-0.25, -0.2) is 9.37 Å². The molecule has 9 nitrogen and oxygen atoms in total. The Labute approximate surface area is 327 Å². The zero-order chi connectivity index (χ0) is 38.3. The van der Waals surface area contributed by atoms with Gasteiger partial charge in [0.2, 0.25) is 11.8 Å². The highest BCUT2D eigenvalue weighted by Crippen LogP contribution is 2.52. The summed E-state index contributed by atoms with van der Waals surface area (Å²) < 4.78 is 59.2. The molecule has 0 radical (unpaired) electrons. The number of nitrogens with zero attached hydrogens (tertiary/aromatic N) is 5. The molecule has 2 saturated carbocycles. The van der Waals surface area contributed by atoms with Gasteiger partial charge in [-0.2, -0.15) is 14.0 Å². The Morgan fingerprint density at radius 1 is 1.16 bits per heavy atom. The second kappa shape index (κ2) is 14.4. The number of nitriles is 1. The van der Waals surface area contributed by atoms with Crippen molar-refractivity contribution in [3.63, 3.8) is 0 Å². The summed E-state index contributed by atoms with van der Waals surface area (Å²) in [5.74, 6) is -0.256. The summed E-state index contributed by atoms with van der Waals surface area (Å²) in [7, 11) is 2.07. The second-order valence-corrected chi connectivity index (χ2v) is 16.8. The number of likely N-dealkylation sites (N-methyl/N-ethyl adjacent to an activating group) is 1. The molecule has 10 rings (SSSR count). The van der Waals surface area contributed by atoms with E-state index in [4.69, 9.17) is 37.7 Å². The summed E-state index contributed by atoms with van der Waals surface area (Å²) in [5.41, 5.74) is 2.78. The van der Waals surface area contributed by atoms with Crippen molar-refractivity contribution in [3.8, 4) is 23.1 Å². The van der Waals surface area contributed by atoms with E-state index in [9.17, 15) is 18.8 Å². The number of benzene rings is 2. The molecule has 290 valence electrons. The molecule has 6 aliphatic rings. The van der Waals surface area contributed by atoms with Crippen molar-refractivity contribution in [1.82, 2.24) is 24.7 Å². The molecule has 7 unspecified atom stereocenters. The fourth-order valence-electron chi connectivity index (χ4n) is 9.92. The Morgan fingerprint density at radius 2 is 1.98 bits per heavy atom. The highest BCUT2D eigenvalue weighted by atomic mass is 35.5. The molecule has 6 heterocycles. The van der Waals surface area contributed by atoms with E-state index in [0.717, 1.165) is 50.9 Å². The number of pyridine rings is 1. The number of alkyl halides is 2. The number of amides is 1. The maximum atomic E-state index is 17.6. The van der Waals surface area contributed by atoms with Gasteiger partial charge in [0.15, 0.2) is 5.82 Å². The van der Waals surface area contributed by atoms with Gasteiger partial charge in [0.1, 0.15) is 11.6 Å². The topological polar surface area (TPSA) is 95.6 Å². The number of aromatic nitrogens is 2. The van der Waals surface area contributed by atoms with Gasteiger partial charge in [-0.15, -0.1) is 0 Å². The third-order valence-corrected chi connectivity index (χ3v) is 13.6. The number of ether oxygens (including phenoxy) is 2. The average molecular weight is 796 g/mol.